The van der Waals surface area contributed by atoms with E-state index in [0.29, 0.717) is 16.1 Å². The number of hydrogen-bond donors (Lipinski definition) is 1. The summed E-state index contributed by atoms with van der Waals surface area (Å²) in [7, 11) is 0. The number of nitrogens with zero attached hydrogens (tertiary/aromatic N) is 2. The molecule has 0 saturated heterocycles. The first-order chi connectivity index (χ1) is 5.04. The lowest BCUT2D eigenvalue weighted by molar-refractivity contribution is 0.162. The average molecular weight is 154 g/mol. The van der Waals surface area contributed by atoms with Crippen LogP contribution in [0, 0.1) is 20.8 Å². The molecule has 1 rings (SSSR count). The van der Waals surface area contributed by atoms with Crippen LogP contribution in [-0.4, -0.2) is 14.9 Å². The van der Waals surface area contributed by atoms with Gasteiger partial charge in [-0.15, -0.1) is 4.73 Å². The third-order valence-electron chi connectivity index (χ3n) is 1.85. The SMILES string of the molecule is Cc1nc(=O)n(O)c(C)c1C. The number of aromatic nitrogens is 2. The zero-order valence-corrected chi connectivity index (χ0v) is 6.75. The maximum atomic E-state index is 10.8. The molecule has 1 aromatic rings. The van der Waals surface area contributed by atoms with E-state index in [1.54, 1.807) is 13.8 Å². The van der Waals surface area contributed by atoms with Crippen molar-refractivity contribution >= 4 is 0 Å². The highest BCUT2D eigenvalue weighted by atomic mass is 16.5. The van der Waals surface area contributed by atoms with Gasteiger partial charge in [-0.05, 0) is 26.3 Å². The zero-order chi connectivity index (χ0) is 8.59. The Morgan fingerprint density at radius 2 is 1.91 bits per heavy atom. The van der Waals surface area contributed by atoms with Crippen molar-refractivity contribution in [1.29, 1.82) is 0 Å². The first kappa shape index (κ1) is 7.78. The summed E-state index contributed by atoms with van der Waals surface area (Å²) in [6.45, 7) is 5.22. The molecule has 4 nitrogen and oxygen atoms in total. The van der Waals surface area contributed by atoms with Gasteiger partial charge >= 0.3 is 5.69 Å². The molecule has 0 aliphatic rings. The van der Waals surface area contributed by atoms with Gasteiger partial charge in [-0.2, -0.15) is 4.98 Å². The molecule has 0 bridgehead atoms. The zero-order valence-electron chi connectivity index (χ0n) is 6.75. The van der Waals surface area contributed by atoms with Gasteiger partial charge in [0, 0.05) is 5.69 Å². The molecular weight excluding hydrogens is 144 g/mol. The standard InChI is InChI=1S/C7H10N2O2/c1-4-5(2)8-7(10)9(11)6(4)3/h11H,1-3H3. The Labute approximate surface area is 64.1 Å². The van der Waals surface area contributed by atoms with Crippen LogP contribution in [0.1, 0.15) is 17.0 Å². The third kappa shape index (κ3) is 1.11. The van der Waals surface area contributed by atoms with Crippen molar-refractivity contribution in [2.45, 2.75) is 20.8 Å². The topological polar surface area (TPSA) is 55.1 Å². The molecule has 0 aliphatic carbocycles. The monoisotopic (exact) mass is 154 g/mol. The maximum Gasteiger partial charge on any atom is 0.380 e. The molecule has 60 valence electrons. The van der Waals surface area contributed by atoms with Crippen molar-refractivity contribution in [1.82, 2.24) is 9.71 Å². The molecule has 11 heavy (non-hydrogen) atoms. The molecule has 0 saturated carbocycles. The predicted molar refractivity (Wildman–Crippen MR) is 39.9 cm³/mol. The van der Waals surface area contributed by atoms with Crippen molar-refractivity contribution in [3.05, 3.63) is 27.4 Å². The van der Waals surface area contributed by atoms with Gasteiger partial charge in [0.05, 0.1) is 5.69 Å². The lowest BCUT2D eigenvalue weighted by atomic mass is 10.2. The van der Waals surface area contributed by atoms with Gasteiger partial charge in [-0.3, -0.25) is 0 Å². The summed E-state index contributed by atoms with van der Waals surface area (Å²) in [6, 6.07) is 0. The summed E-state index contributed by atoms with van der Waals surface area (Å²) in [4.78, 5) is 14.4. The second-order valence-corrected chi connectivity index (χ2v) is 2.50. The van der Waals surface area contributed by atoms with Crippen LogP contribution in [0.15, 0.2) is 4.79 Å². The van der Waals surface area contributed by atoms with Gasteiger partial charge in [0.25, 0.3) is 0 Å². The highest BCUT2D eigenvalue weighted by Crippen LogP contribution is 2.04. The number of rotatable bonds is 0. The van der Waals surface area contributed by atoms with E-state index in [9.17, 15) is 4.79 Å². The Bertz CT molecular complexity index is 341. The minimum absolute atomic E-state index is 0.544. The van der Waals surface area contributed by atoms with Gasteiger partial charge < -0.3 is 5.21 Å². The van der Waals surface area contributed by atoms with Crippen molar-refractivity contribution in [3.63, 3.8) is 0 Å². The normalized spacial score (nSPS) is 10.1. The quantitative estimate of drug-likeness (QED) is 0.550. The molecule has 0 aromatic carbocycles. The fraction of sp³-hybridized carbons (Fsp3) is 0.429. The molecule has 0 spiro atoms. The van der Waals surface area contributed by atoms with E-state index >= 15 is 0 Å². The molecular formula is C7H10N2O2. The largest absolute Gasteiger partial charge is 0.424 e. The summed E-state index contributed by atoms with van der Waals surface area (Å²) in [5.74, 6) is 0. The van der Waals surface area contributed by atoms with Crippen LogP contribution in [0.4, 0.5) is 0 Å². The molecule has 1 heterocycles. The molecule has 1 N–H and O–H groups in total. The van der Waals surface area contributed by atoms with Crippen molar-refractivity contribution < 1.29 is 5.21 Å². The second kappa shape index (κ2) is 2.38. The minimum Gasteiger partial charge on any atom is -0.424 e. The first-order valence-corrected chi connectivity index (χ1v) is 3.30. The van der Waals surface area contributed by atoms with Crippen molar-refractivity contribution in [2.75, 3.05) is 0 Å². The second-order valence-electron chi connectivity index (χ2n) is 2.50. The lowest BCUT2D eigenvalue weighted by Crippen LogP contribution is -2.24. The molecule has 0 atom stereocenters. The molecule has 0 fully saturated rings. The lowest BCUT2D eigenvalue weighted by Gasteiger charge is -2.05. The maximum absolute atomic E-state index is 10.8. The number of aryl methyl sites for hydroxylation is 1. The van der Waals surface area contributed by atoms with Crippen LogP contribution in [0.25, 0.3) is 0 Å². The molecule has 0 aliphatic heterocycles. The predicted octanol–water partition coefficient (Wildman–Crippen LogP) is 0.406. The van der Waals surface area contributed by atoms with Crippen LogP contribution >= 0.6 is 0 Å². The van der Waals surface area contributed by atoms with Crippen LogP contribution < -0.4 is 5.69 Å². The van der Waals surface area contributed by atoms with E-state index in [1.165, 1.54) is 0 Å². The van der Waals surface area contributed by atoms with E-state index in [0.717, 1.165) is 5.56 Å². The third-order valence-corrected chi connectivity index (χ3v) is 1.85. The molecule has 1 aromatic heterocycles. The Hall–Kier alpha value is -1.32. The van der Waals surface area contributed by atoms with Gasteiger partial charge in [0.2, 0.25) is 0 Å². The van der Waals surface area contributed by atoms with Gasteiger partial charge in [-0.25, -0.2) is 4.79 Å². The van der Waals surface area contributed by atoms with Crippen molar-refractivity contribution in [2.24, 2.45) is 0 Å². The van der Waals surface area contributed by atoms with Crippen LogP contribution in [-0.2, 0) is 0 Å². The Balaban J connectivity index is 3.59. The summed E-state index contributed by atoms with van der Waals surface area (Å²) < 4.78 is 0.558. The fourth-order valence-electron chi connectivity index (χ4n) is 0.839. The summed E-state index contributed by atoms with van der Waals surface area (Å²) >= 11 is 0. The van der Waals surface area contributed by atoms with E-state index in [2.05, 4.69) is 4.98 Å². The van der Waals surface area contributed by atoms with E-state index in [4.69, 9.17) is 5.21 Å². The van der Waals surface area contributed by atoms with Gasteiger partial charge in [0.1, 0.15) is 0 Å². The highest BCUT2D eigenvalue weighted by molar-refractivity contribution is 5.20. The molecule has 4 heteroatoms. The van der Waals surface area contributed by atoms with Crippen LogP contribution in [0.3, 0.4) is 0 Å². The number of hydrogen-bond acceptors (Lipinski definition) is 3. The van der Waals surface area contributed by atoms with E-state index < -0.39 is 5.69 Å². The van der Waals surface area contributed by atoms with Crippen LogP contribution in [0.5, 0.6) is 0 Å². The molecule has 0 radical (unpaired) electrons. The fourth-order valence-corrected chi connectivity index (χ4v) is 0.839. The highest BCUT2D eigenvalue weighted by Gasteiger charge is 2.04. The summed E-state index contributed by atoms with van der Waals surface area (Å²) in [6.07, 6.45) is 0. The average Bonchev–Trinajstić information content (AvgIpc) is 1.97. The van der Waals surface area contributed by atoms with E-state index in [1.807, 2.05) is 6.92 Å². The smallest absolute Gasteiger partial charge is 0.380 e. The van der Waals surface area contributed by atoms with E-state index in [-0.39, 0.29) is 0 Å². The Morgan fingerprint density at radius 1 is 1.36 bits per heavy atom. The minimum atomic E-state index is -0.620. The summed E-state index contributed by atoms with van der Waals surface area (Å²) in [5.41, 5.74) is 1.43. The van der Waals surface area contributed by atoms with Crippen LogP contribution in [0.2, 0.25) is 0 Å². The Morgan fingerprint density at radius 3 is 2.45 bits per heavy atom. The van der Waals surface area contributed by atoms with Gasteiger partial charge in [0.15, 0.2) is 0 Å². The summed E-state index contributed by atoms with van der Waals surface area (Å²) in [5, 5.41) is 9.05. The van der Waals surface area contributed by atoms with Crippen molar-refractivity contribution in [3.8, 4) is 0 Å². The molecule has 0 amide bonds. The Kier molecular flexibility index (Phi) is 1.68. The van der Waals surface area contributed by atoms with Gasteiger partial charge in [-0.1, -0.05) is 0 Å². The molecule has 0 unspecified atom stereocenters. The first-order valence-electron chi connectivity index (χ1n) is 3.30.